The summed E-state index contributed by atoms with van der Waals surface area (Å²) in [6, 6.07) is 0. The van der Waals surface area contributed by atoms with Gasteiger partial charge in [-0.3, -0.25) is 4.79 Å². The normalized spacial score (nSPS) is 17.9. The average molecular weight is 211 g/mol. The SMILES string of the molecule is CCCCCCNC(=O)C1(C=O)CCC1. The molecule has 1 aliphatic carbocycles. The number of aldehydes is 1. The smallest absolute Gasteiger partial charge is 0.233 e. The van der Waals surface area contributed by atoms with Crippen LogP contribution in [0.15, 0.2) is 0 Å². The number of rotatable bonds is 7. The van der Waals surface area contributed by atoms with Crippen LogP contribution in [0.3, 0.4) is 0 Å². The molecule has 15 heavy (non-hydrogen) atoms. The topological polar surface area (TPSA) is 46.2 Å². The Bertz CT molecular complexity index is 222. The van der Waals surface area contributed by atoms with E-state index in [2.05, 4.69) is 12.2 Å². The van der Waals surface area contributed by atoms with Crippen molar-refractivity contribution in [1.29, 1.82) is 0 Å². The summed E-state index contributed by atoms with van der Waals surface area (Å²) in [5.41, 5.74) is -0.662. The second kappa shape index (κ2) is 5.89. The summed E-state index contributed by atoms with van der Waals surface area (Å²) < 4.78 is 0. The summed E-state index contributed by atoms with van der Waals surface area (Å²) in [6.45, 7) is 2.88. The minimum Gasteiger partial charge on any atom is -0.355 e. The van der Waals surface area contributed by atoms with Crippen LogP contribution in [0.4, 0.5) is 0 Å². The van der Waals surface area contributed by atoms with Gasteiger partial charge in [0.05, 0.1) is 0 Å². The summed E-state index contributed by atoms with van der Waals surface area (Å²) >= 11 is 0. The predicted molar refractivity (Wildman–Crippen MR) is 59.5 cm³/mol. The van der Waals surface area contributed by atoms with Crippen molar-refractivity contribution in [2.24, 2.45) is 5.41 Å². The van der Waals surface area contributed by atoms with Crippen LogP contribution in [0.5, 0.6) is 0 Å². The van der Waals surface area contributed by atoms with Gasteiger partial charge >= 0.3 is 0 Å². The Morgan fingerprint density at radius 1 is 1.33 bits per heavy atom. The molecule has 0 heterocycles. The van der Waals surface area contributed by atoms with Crippen LogP contribution in [0.2, 0.25) is 0 Å². The maximum Gasteiger partial charge on any atom is 0.233 e. The van der Waals surface area contributed by atoms with Crippen molar-refractivity contribution in [3.05, 3.63) is 0 Å². The summed E-state index contributed by atoms with van der Waals surface area (Å²) in [5.74, 6) is -0.0553. The Labute approximate surface area is 91.6 Å². The molecular formula is C12H21NO2. The molecule has 1 N–H and O–H groups in total. The van der Waals surface area contributed by atoms with Crippen molar-refractivity contribution >= 4 is 12.2 Å². The molecule has 0 aliphatic heterocycles. The van der Waals surface area contributed by atoms with Gasteiger partial charge in [-0.25, -0.2) is 0 Å². The lowest BCUT2D eigenvalue weighted by molar-refractivity contribution is -0.141. The first kappa shape index (κ1) is 12.2. The van der Waals surface area contributed by atoms with E-state index >= 15 is 0 Å². The van der Waals surface area contributed by atoms with Crippen LogP contribution < -0.4 is 5.32 Å². The van der Waals surface area contributed by atoms with E-state index in [4.69, 9.17) is 0 Å². The monoisotopic (exact) mass is 211 g/mol. The molecule has 0 aromatic heterocycles. The predicted octanol–water partition coefficient (Wildman–Crippen LogP) is 2.05. The first-order valence-electron chi connectivity index (χ1n) is 6.00. The number of amides is 1. The number of carbonyl (C=O) groups is 2. The van der Waals surface area contributed by atoms with Crippen molar-refractivity contribution in [2.75, 3.05) is 6.54 Å². The fraction of sp³-hybridized carbons (Fsp3) is 0.833. The van der Waals surface area contributed by atoms with Crippen molar-refractivity contribution < 1.29 is 9.59 Å². The van der Waals surface area contributed by atoms with Gasteiger partial charge < -0.3 is 10.1 Å². The van der Waals surface area contributed by atoms with E-state index < -0.39 is 5.41 Å². The van der Waals surface area contributed by atoms with Crippen molar-refractivity contribution in [3.8, 4) is 0 Å². The maximum atomic E-state index is 11.7. The zero-order chi connectivity index (χ0) is 11.1. The molecule has 0 bridgehead atoms. The van der Waals surface area contributed by atoms with Gasteiger partial charge in [-0.2, -0.15) is 0 Å². The summed E-state index contributed by atoms with van der Waals surface area (Å²) in [7, 11) is 0. The highest BCUT2D eigenvalue weighted by Gasteiger charge is 2.43. The molecule has 0 radical (unpaired) electrons. The minimum absolute atomic E-state index is 0.0553. The van der Waals surface area contributed by atoms with Gasteiger partial charge in [-0.1, -0.05) is 32.6 Å². The molecule has 0 saturated heterocycles. The molecule has 3 heteroatoms. The van der Waals surface area contributed by atoms with Crippen LogP contribution in [0.1, 0.15) is 51.9 Å². The van der Waals surface area contributed by atoms with Crippen molar-refractivity contribution in [3.63, 3.8) is 0 Å². The van der Waals surface area contributed by atoms with Gasteiger partial charge in [0.25, 0.3) is 0 Å². The van der Waals surface area contributed by atoms with E-state index in [0.29, 0.717) is 6.54 Å². The van der Waals surface area contributed by atoms with Gasteiger partial charge in [-0.15, -0.1) is 0 Å². The van der Waals surface area contributed by atoms with E-state index in [1.807, 2.05) is 0 Å². The largest absolute Gasteiger partial charge is 0.355 e. The molecule has 0 aromatic carbocycles. The molecule has 1 rings (SSSR count). The highest BCUT2D eigenvalue weighted by atomic mass is 16.2. The lowest BCUT2D eigenvalue weighted by atomic mass is 9.69. The summed E-state index contributed by atoms with van der Waals surface area (Å²) in [5, 5.41) is 2.87. The highest BCUT2D eigenvalue weighted by Crippen LogP contribution is 2.38. The zero-order valence-corrected chi connectivity index (χ0v) is 9.55. The molecular weight excluding hydrogens is 190 g/mol. The van der Waals surface area contributed by atoms with Gasteiger partial charge in [0, 0.05) is 6.54 Å². The van der Waals surface area contributed by atoms with Crippen LogP contribution in [0, 0.1) is 5.41 Å². The zero-order valence-electron chi connectivity index (χ0n) is 9.55. The van der Waals surface area contributed by atoms with Gasteiger partial charge in [-0.05, 0) is 19.3 Å². The van der Waals surface area contributed by atoms with E-state index in [-0.39, 0.29) is 5.91 Å². The number of nitrogens with one attached hydrogen (secondary N) is 1. The number of hydrogen-bond donors (Lipinski definition) is 1. The fourth-order valence-electron chi connectivity index (χ4n) is 1.89. The summed E-state index contributed by atoms with van der Waals surface area (Å²) in [6.07, 6.45) is 7.90. The van der Waals surface area contributed by atoms with E-state index in [1.54, 1.807) is 0 Å². The molecule has 1 amide bonds. The molecule has 3 nitrogen and oxygen atoms in total. The third-order valence-electron chi connectivity index (χ3n) is 3.24. The third-order valence-corrected chi connectivity index (χ3v) is 3.24. The standard InChI is InChI=1S/C12H21NO2/c1-2-3-4-5-9-13-11(15)12(10-14)7-6-8-12/h10H,2-9H2,1H3,(H,13,15). The molecule has 1 fully saturated rings. The minimum atomic E-state index is -0.662. The second-order valence-electron chi connectivity index (χ2n) is 4.44. The molecule has 86 valence electrons. The van der Waals surface area contributed by atoms with Gasteiger partial charge in [0.2, 0.25) is 5.91 Å². The quantitative estimate of drug-likeness (QED) is 0.398. The molecule has 0 atom stereocenters. The van der Waals surface area contributed by atoms with Gasteiger partial charge in [0.1, 0.15) is 11.7 Å². The third kappa shape index (κ3) is 3.05. The Morgan fingerprint density at radius 2 is 2.07 bits per heavy atom. The molecule has 1 saturated carbocycles. The van der Waals surface area contributed by atoms with E-state index in [0.717, 1.165) is 38.4 Å². The Balaban J connectivity index is 2.15. The fourth-order valence-corrected chi connectivity index (χ4v) is 1.89. The average Bonchev–Trinajstić information content (AvgIpc) is 2.17. The van der Waals surface area contributed by atoms with Crippen LogP contribution in [0.25, 0.3) is 0 Å². The highest BCUT2D eigenvalue weighted by molar-refractivity contribution is 5.97. The summed E-state index contributed by atoms with van der Waals surface area (Å²) in [4.78, 5) is 22.5. The van der Waals surface area contributed by atoms with Crippen molar-refractivity contribution in [2.45, 2.75) is 51.9 Å². The van der Waals surface area contributed by atoms with Crippen LogP contribution >= 0.6 is 0 Å². The molecule has 0 aromatic rings. The lowest BCUT2D eigenvalue weighted by Gasteiger charge is -2.34. The number of hydrogen-bond acceptors (Lipinski definition) is 2. The number of unbranched alkanes of at least 4 members (excludes halogenated alkanes) is 3. The molecule has 0 spiro atoms. The van der Waals surface area contributed by atoms with Crippen LogP contribution in [-0.4, -0.2) is 18.7 Å². The molecule has 1 aliphatic rings. The molecule has 0 unspecified atom stereocenters. The lowest BCUT2D eigenvalue weighted by Crippen LogP contribution is -2.47. The Kier molecular flexibility index (Phi) is 4.79. The first-order chi connectivity index (χ1) is 7.25. The van der Waals surface area contributed by atoms with Crippen LogP contribution in [-0.2, 0) is 9.59 Å². The Hall–Kier alpha value is -0.860. The van der Waals surface area contributed by atoms with E-state index in [9.17, 15) is 9.59 Å². The number of carbonyl (C=O) groups excluding carboxylic acids is 2. The van der Waals surface area contributed by atoms with Crippen molar-refractivity contribution in [1.82, 2.24) is 5.32 Å². The first-order valence-corrected chi connectivity index (χ1v) is 6.00. The second-order valence-corrected chi connectivity index (χ2v) is 4.44. The van der Waals surface area contributed by atoms with E-state index in [1.165, 1.54) is 12.8 Å². The Morgan fingerprint density at radius 3 is 2.53 bits per heavy atom. The maximum absolute atomic E-state index is 11.7. The van der Waals surface area contributed by atoms with Gasteiger partial charge in [0.15, 0.2) is 0 Å².